The Labute approximate surface area is 104 Å². The second kappa shape index (κ2) is 6.61. The van der Waals surface area contributed by atoms with E-state index in [1.165, 1.54) is 0 Å². The lowest BCUT2D eigenvalue weighted by molar-refractivity contribution is -0.139. The number of nitrogens with zero attached hydrogens (tertiary/aromatic N) is 2. The van der Waals surface area contributed by atoms with Gasteiger partial charge in [0.15, 0.2) is 0 Å². The molecule has 96 valence electrons. The van der Waals surface area contributed by atoms with E-state index in [2.05, 4.69) is 10.2 Å². The molecule has 1 atom stereocenters. The zero-order valence-corrected chi connectivity index (χ0v) is 11.0. The van der Waals surface area contributed by atoms with Crippen LogP contribution in [0.4, 0.5) is 0 Å². The van der Waals surface area contributed by atoms with Crippen LogP contribution in [0.25, 0.3) is 0 Å². The quantitative estimate of drug-likeness (QED) is 0.609. The zero-order chi connectivity index (χ0) is 12.8. The summed E-state index contributed by atoms with van der Waals surface area (Å²) in [6.07, 6.45) is 0. The summed E-state index contributed by atoms with van der Waals surface area (Å²) in [4.78, 5) is 11.1. The molecule has 0 radical (unpaired) electrons. The van der Waals surface area contributed by atoms with Crippen LogP contribution in [0.3, 0.4) is 0 Å². The molecule has 0 aliphatic rings. The van der Waals surface area contributed by atoms with Crippen LogP contribution in [0, 0.1) is 5.92 Å². The molecule has 1 rings (SSSR count). The SMILES string of the molecule is CCOC(=O)CSc1nnc([C@@H](N)C(C)C)o1. The van der Waals surface area contributed by atoms with Crippen LogP contribution < -0.4 is 5.73 Å². The Kier molecular flexibility index (Phi) is 5.43. The van der Waals surface area contributed by atoms with E-state index in [1.54, 1.807) is 6.92 Å². The minimum atomic E-state index is -0.301. The Morgan fingerprint density at radius 3 is 2.82 bits per heavy atom. The van der Waals surface area contributed by atoms with Crippen LogP contribution in [0.2, 0.25) is 0 Å². The average molecular weight is 259 g/mol. The summed E-state index contributed by atoms with van der Waals surface area (Å²) in [5.41, 5.74) is 5.86. The maximum Gasteiger partial charge on any atom is 0.316 e. The van der Waals surface area contributed by atoms with Gasteiger partial charge in [-0.2, -0.15) is 0 Å². The van der Waals surface area contributed by atoms with Crippen LogP contribution in [0.5, 0.6) is 0 Å². The molecule has 0 aliphatic heterocycles. The summed E-state index contributed by atoms with van der Waals surface area (Å²) in [6, 6.07) is -0.278. The molecule has 0 aromatic carbocycles. The minimum absolute atomic E-state index is 0.159. The molecule has 0 fully saturated rings. The number of esters is 1. The monoisotopic (exact) mass is 259 g/mol. The molecule has 0 bridgehead atoms. The van der Waals surface area contributed by atoms with Crippen molar-refractivity contribution in [2.24, 2.45) is 11.7 Å². The number of hydrogen-bond acceptors (Lipinski definition) is 7. The van der Waals surface area contributed by atoms with Crippen molar-refractivity contribution in [3.63, 3.8) is 0 Å². The molecule has 1 heterocycles. The number of rotatable bonds is 6. The highest BCUT2D eigenvalue weighted by Crippen LogP contribution is 2.22. The Morgan fingerprint density at radius 1 is 1.53 bits per heavy atom. The van der Waals surface area contributed by atoms with Gasteiger partial charge in [-0.3, -0.25) is 4.79 Å². The molecule has 7 heteroatoms. The fraction of sp³-hybridized carbons (Fsp3) is 0.700. The summed E-state index contributed by atoms with van der Waals surface area (Å²) >= 11 is 1.15. The van der Waals surface area contributed by atoms with Gasteiger partial charge in [0, 0.05) is 0 Å². The van der Waals surface area contributed by atoms with Crippen molar-refractivity contribution in [3.8, 4) is 0 Å². The molecule has 1 aromatic heterocycles. The standard InChI is InChI=1S/C10H17N3O3S/c1-4-15-7(14)5-17-10-13-12-9(16-10)8(11)6(2)3/h6,8H,4-5,11H2,1-3H3/t8-/m0/s1. The van der Waals surface area contributed by atoms with Gasteiger partial charge in [-0.15, -0.1) is 10.2 Å². The number of aromatic nitrogens is 2. The third-order valence-corrected chi connectivity index (χ3v) is 2.84. The predicted octanol–water partition coefficient (Wildman–Crippen LogP) is 1.38. The van der Waals surface area contributed by atoms with E-state index in [1.807, 2.05) is 13.8 Å². The van der Waals surface area contributed by atoms with Gasteiger partial charge in [-0.05, 0) is 12.8 Å². The maximum absolute atomic E-state index is 11.1. The van der Waals surface area contributed by atoms with Crippen molar-refractivity contribution >= 4 is 17.7 Å². The predicted molar refractivity (Wildman–Crippen MR) is 63.4 cm³/mol. The van der Waals surface area contributed by atoms with Crippen LogP contribution in [0.1, 0.15) is 32.7 Å². The Balaban J connectivity index is 2.48. The van der Waals surface area contributed by atoms with Crippen molar-refractivity contribution in [2.45, 2.75) is 32.0 Å². The van der Waals surface area contributed by atoms with Crippen molar-refractivity contribution in [3.05, 3.63) is 5.89 Å². The van der Waals surface area contributed by atoms with Gasteiger partial charge in [-0.1, -0.05) is 25.6 Å². The van der Waals surface area contributed by atoms with Crippen molar-refractivity contribution in [1.82, 2.24) is 10.2 Å². The molecule has 0 amide bonds. The largest absolute Gasteiger partial charge is 0.465 e. The maximum atomic E-state index is 11.1. The third-order valence-electron chi connectivity index (χ3n) is 2.04. The van der Waals surface area contributed by atoms with Crippen LogP contribution >= 0.6 is 11.8 Å². The van der Waals surface area contributed by atoms with Gasteiger partial charge in [0.1, 0.15) is 5.75 Å². The first-order chi connectivity index (χ1) is 8.04. The minimum Gasteiger partial charge on any atom is -0.465 e. The van der Waals surface area contributed by atoms with Crippen LogP contribution in [0.15, 0.2) is 9.64 Å². The Bertz CT molecular complexity index is 367. The smallest absolute Gasteiger partial charge is 0.316 e. The van der Waals surface area contributed by atoms with E-state index in [0.717, 1.165) is 11.8 Å². The molecular formula is C10H17N3O3S. The van der Waals surface area contributed by atoms with Crippen LogP contribution in [-0.4, -0.2) is 28.5 Å². The number of nitrogens with two attached hydrogens (primary N) is 1. The molecule has 0 unspecified atom stereocenters. The molecule has 0 spiro atoms. The van der Waals surface area contributed by atoms with E-state index in [9.17, 15) is 4.79 Å². The van der Waals surface area contributed by atoms with Gasteiger partial charge in [0.2, 0.25) is 5.89 Å². The number of ether oxygens (including phenoxy) is 1. The number of hydrogen-bond donors (Lipinski definition) is 1. The highest BCUT2D eigenvalue weighted by Gasteiger charge is 2.18. The van der Waals surface area contributed by atoms with Gasteiger partial charge >= 0.3 is 5.97 Å². The van der Waals surface area contributed by atoms with Crippen molar-refractivity contribution in [1.29, 1.82) is 0 Å². The topological polar surface area (TPSA) is 91.2 Å². The first-order valence-corrected chi connectivity index (χ1v) is 6.40. The van der Waals surface area contributed by atoms with Gasteiger partial charge in [0.05, 0.1) is 12.6 Å². The third kappa shape index (κ3) is 4.35. The van der Waals surface area contributed by atoms with E-state index < -0.39 is 0 Å². The fourth-order valence-corrected chi connectivity index (χ4v) is 1.59. The normalized spacial score (nSPS) is 12.8. The molecule has 0 saturated carbocycles. The fourth-order valence-electron chi connectivity index (χ4n) is 1.02. The molecule has 0 aliphatic carbocycles. The highest BCUT2D eigenvalue weighted by molar-refractivity contribution is 7.99. The summed E-state index contributed by atoms with van der Waals surface area (Å²) in [7, 11) is 0. The van der Waals surface area contributed by atoms with Gasteiger partial charge in [0.25, 0.3) is 5.22 Å². The Morgan fingerprint density at radius 2 is 2.24 bits per heavy atom. The highest BCUT2D eigenvalue weighted by atomic mass is 32.2. The molecule has 1 aromatic rings. The first-order valence-electron chi connectivity index (χ1n) is 5.42. The molecular weight excluding hydrogens is 242 g/mol. The average Bonchev–Trinajstić information content (AvgIpc) is 2.74. The Hall–Kier alpha value is -1.08. The summed E-state index contributed by atoms with van der Waals surface area (Å²) in [6.45, 7) is 6.07. The summed E-state index contributed by atoms with van der Waals surface area (Å²) in [5.74, 6) is 0.474. The molecule has 6 nitrogen and oxygen atoms in total. The summed E-state index contributed by atoms with van der Waals surface area (Å²) < 4.78 is 10.1. The van der Waals surface area contributed by atoms with E-state index in [4.69, 9.17) is 14.9 Å². The van der Waals surface area contributed by atoms with Crippen molar-refractivity contribution in [2.75, 3.05) is 12.4 Å². The first kappa shape index (κ1) is 14.0. The zero-order valence-electron chi connectivity index (χ0n) is 10.2. The van der Waals surface area contributed by atoms with Crippen molar-refractivity contribution < 1.29 is 13.9 Å². The van der Waals surface area contributed by atoms with Gasteiger partial charge in [-0.25, -0.2) is 0 Å². The van der Waals surface area contributed by atoms with Gasteiger partial charge < -0.3 is 14.9 Å². The second-order valence-electron chi connectivity index (χ2n) is 3.77. The van der Waals surface area contributed by atoms with Crippen LogP contribution in [-0.2, 0) is 9.53 Å². The summed E-state index contributed by atoms with van der Waals surface area (Å²) in [5, 5.41) is 7.99. The molecule has 17 heavy (non-hydrogen) atoms. The molecule has 0 saturated heterocycles. The van der Waals surface area contributed by atoms with E-state index >= 15 is 0 Å². The number of carbonyl (C=O) groups is 1. The number of carbonyl (C=O) groups excluding carboxylic acids is 1. The lowest BCUT2D eigenvalue weighted by atomic mass is 10.1. The van der Waals surface area contributed by atoms with E-state index in [0.29, 0.717) is 17.7 Å². The molecule has 2 N–H and O–H groups in total. The lowest BCUT2D eigenvalue weighted by Gasteiger charge is -2.09. The number of thioether (sulfide) groups is 1. The second-order valence-corrected chi connectivity index (χ2v) is 4.70. The van der Waals surface area contributed by atoms with E-state index in [-0.39, 0.29) is 23.7 Å². The lowest BCUT2D eigenvalue weighted by Crippen LogP contribution is -2.16.